The zero-order valence-corrected chi connectivity index (χ0v) is 12.6. The van der Waals surface area contributed by atoms with Crippen molar-refractivity contribution in [3.05, 3.63) is 58.2 Å². The lowest BCUT2D eigenvalue weighted by Crippen LogP contribution is -2.13. The number of oxazole rings is 1. The molecular weight excluding hydrogens is 294 g/mol. The molecule has 1 saturated carbocycles. The Hall–Kier alpha value is -2.89. The average molecular weight is 309 g/mol. The first-order valence-electron chi connectivity index (χ1n) is 7.52. The number of amides is 1. The summed E-state index contributed by atoms with van der Waals surface area (Å²) < 4.78 is 5.62. The van der Waals surface area contributed by atoms with Gasteiger partial charge in [-0.15, -0.1) is 0 Å². The van der Waals surface area contributed by atoms with Crippen molar-refractivity contribution in [2.45, 2.75) is 25.7 Å². The van der Waals surface area contributed by atoms with Crippen LogP contribution in [0.3, 0.4) is 0 Å². The molecule has 0 radical (unpaired) electrons. The van der Waals surface area contributed by atoms with Gasteiger partial charge in [0.25, 0.3) is 11.5 Å². The average Bonchev–Trinajstić information content (AvgIpc) is 3.31. The molecule has 2 aromatic heterocycles. The van der Waals surface area contributed by atoms with E-state index in [1.807, 2.05) is 0 Å². The quantitative estimate of drug-likeness (QED) is 0.778. The molecule has 1 aliphatic rings. The van der Waals surface area contributed by atoms with E-state index in [2.05, 4.69) is 15.3 Å². The highest BCUT2D eigenvalue weighted by Gasteiger charge is 2.31. The summed E-state index contributed by atoms with van der Waals surface area (Å²) >= 11 is 0. The van der Waals surface area contributed by atoms with Crippen molar-refractivity contribution in [3.8, 4) is 0 Å². The third-order valence-electron chi connectivity index (χ3n) is 4.01. The summed E-state index contributed by atoms with van der Waals surface area (Å²) in [5.41, 5.74) is 0.968. The molecule has 0 spiro atoms. The second kappa shape index (κ2) is 5.08. The highest BCUT2D eigenvalue weighted by atomic mass is 16.4. The van der Waals surface area contributed by atoms with Crippen LogP contribution in [-0.2, 0) is 0 Å². The van der Waals surface area contributed by atoms with E-state index in [-0.39, 0.29) is 17.2 Å². The van der Waals surface area contributed by atoms with Crippen molar-refractivity contribution >= 4 is 22.4 Å². The van der Waals surface area contributed by atoms with E-state index in [0.717, 1.165) is 12.8 Å². The first-order chi connectivity index (χ1) is 11.1. The predicted octanol–water partition coefficient (Wildman–Crippen LogP) is 2.95. The minimum absolute atomic E-state index is 0.189. The summed E-state index contributed by atoms with van der Waals surface area (Å²) in [5, 5.41) is 4.03. The number of hydrogen-bond acceptors (Lipinski definition) is 4. The molecule has 2 heterocycles. The first kappa shape index (κ1) is 13.8. The molecule has 1 fully saturated rings. The molecule has 4 rings (SSSR count). The number of fused-ring (bicyclic) bond motifs is 1. The van der Waals surface area contributed by atoms with Crippen molar-refractivity contribution in [3.63, 3.8) is 0 Å². The van der Waals surface area contributed by atoms with E-state index in [1.165, 1.54) is 0 Å². The molecule has 0 atom stereocenters. The lowest BCUT2D eigenvalue weighted by Gasteiger charge is -2.07. The summed E-state index contributed by atoms with van der Waals surface area (Å²) in [4.78, 5) is 31.3. The van der Waals surface area contributed by atoms with E-state index in [9.17, 15) is 9.59 Å². The number of nitrogens with zero attached hydrogens (tertiary/aromatic N) is 1. The third-order valence-corrected chi connectivity index (χ3v) is 4.01. The van der Waals surface area contributed by atoms with Gasteiger partial charge in [-0.1, -0.05) is 6.07 Å². The van der Waals surface area contributed by atoms with Crippen LogP contribution in [0.5, 0.6) is 0 Å². The number of hydrogen-bond donors (Lipinski definition) is 2. The predicted molar refractivity (Wildman–Crippen MR) is 85.7 cm³/mol. The molecule has 1 aliphatic carbocycles. The van der Waals surface area contributed by atoms with Crippen LogP contribution >= 0.6 is 0 Å². The van der Waals surface area contributed by atoms with Gasteiger partial charge in [0.05, 0.1) is 5.69 Å². The van der Waals surface area contributed by atoms with Crippen LogP contribution in [0, 0.1) is 6.92 Å². The summed E-state index contributed by atoms with van der Waals surface area (Å²) in [6.07, 6.45) is 3.69. The molecule has 0 unspecified atom stereocenters. The van der Waals surface area contributed by atoms with E-state index in [4.69, 9.17) is 4.42 Å². The second-order valence-electron chi connectivity index (χ2n) is 5.77. The number of H-pyrrole nitrogens is 1. The molecule has 0 bridgehead atoms. The number of rotatable bonds is 3. The van der Waals surface area contributed by atoms with Gasteiger partial charge in [-0.2, -0.15) is 0 Å². The number of benzene rings is 1. The minimum atomic E-state index is -0.352. The van der Waals surface area contributed by atoms with Gasteiger partial charge in [0.1, 0.15) is 0 Å². The Morgan fingerprint density at radius 2 is 2.13 bits per heavy atom. The molecule has 116 valence electrons. The number of aromatic nitrogens is 2. The fourth-order valence-electron chi connectivity index (χ4n) is 2.64. The Morgan fingerprint density at radius 1 is 1.30 bits per heavy atom. The zero-order chi connectivity index (χ0) is 16.0. The standard InChI is InChI=1S/C17H15N3O3/c1-9-14(23-17(19-9)10-5-6-10)16(22)20-13-4-2-3-12-11(13)7-8-18-15(12)21/h2-4,7-8,10H,5-6H2,1H3,(H,18,21)(H,20,22). The fraction of sp³-hybridized carbons (Fsp3) is 0.235. The molecular formula is C17H15N3O3. The van der Waals surface area contributed by atoms with Crippen molar-refractivity contribution in [1.82, 2.24) is 9.97 Å². The Morgan fingerprint density at radius 3 is 2.91 bits per heavy atom. The van der Waals surface area contributed by atoms with Gasteiger partial charge >= 0.3 is 0 Å². The minimum Gasteiger partial charge on any atom is -0.435 e. The maximum atomic E-state index is 12.5. The van der Waals surface area contributed by atoms with E-state index < -0.39 is 0 Å². The van der Waals surface area contributed by atoms with Crippen LogP contribution in [0.25, 0.3) is 10.8 Å². The monoisotopic (exact) mass is 309 g/mol. The van der Waals surface area contributed by atoms with Gasteiger partial charge in [-0.3, -0.25) is 9.59 Å². The summed E-state index contributed by atoms with van der Waals surface area (Å²) in [7, 11) is 0. The van der Waals surface area contributed by atoms with Crippen molar-refractivity contribution in [2.24, 2.45) is 0 Å². The van der Waals surface area contributed by atoms with Crippen molar-refractivity contribution in [2.75, 3.05) is 5.32 Å². The molecule has 0 saturated heterocycles. The normalized spacial score (nSPS) is 14.1. The van der Waals surface area contributed by atoms with E-state index >= 15 is 0 Å². The lowest BCUT2D eigenvalue weighted by atomic mass is 10.1. The topological polar surface area (TPSA) is 88.0 Å². The molecule has 3 aromatic rings. The van der Waals surface area contributed by atoms with Gasteiger partial charge in [-0.25, -0.2) is 4.98 Å². The number of aryl methyl sites for hydroxylation is 1. The first-order valence-corrected chi connectivity index (χ1v) is 7.52. The number of carbonyl (C=O) groups excluding carboxylic acids is 1. The Labute approximate surface area is 131 Å². The van der Waals surface area contributed by atoms with Crippen molar-refractivity contribution in [1.29, 1.82) is 0 Å². The number of carbonyl (C=O) groups is 1. The zero-order valence-electron chi connectivity index (χ0n) is 12.6. The SMILES string of the molecule is Cc1nc(C2CC2)oc1C(=O)Nc1cccc2c(=O)[nH]ccc12. The number of aromatic amines is 1. The smallest absolute Gasteiger partial charge is 0.293 e. The number of pyridine rings is 1. The van der Waals surface area contributed by atoms with Crippen LogP contribution in [0.1, 0.15) is 40.9 Å². The van der Waals surface area contributed by atoms with Crippen LogP contribution in [0.4, 0.5) is 5.69 Å². The number of anilines is 1. The van der Waals surface area contributed by atoms with Crippen LogP contribution < -0.4 is 10.9 Å². The third kappa shape index (κ3) is 2.42. The van der Waals surface area contributed by atoms with Gasteiger partial charge < -0.3 is 14.7 Å². The molecule has 6 nitrogen and oxygen atoms in total. The Kier molecular flexibility index (Phi) is 3.04. The molecule has 1 aromatic carbocycles. The van der Waals surface area contributed by atoms with Gasteiger partial charge in [0.2, 0.25) is 5.76 Å². The maximum absolute atomic E-state index is 12.5. The van der Waals surface area contributed by atoms with Crippen LogP contribution in [0.15, 0.2) is 39.7 Å². The summed E-state index contributed by atoms with van der Waals surface area (Å²) in [6, 6.07) is 6.97. The van der Waals surface area contributed by atoms with Crippen LogP contribution in [0.2, 0.25) is 0 Å². The van der Waals surface area contributed by atoms with Gasteiger partial charge in [0.15, 0.2) is 5.89 Å². The van der Waals surface area contributed by atoms with E-state index in [1.54, 1.807) is 37.4 Å². The molecule has 0 aliphatic heterocycles. The maximum Gasteiger partial charge on any atom is 0.293 e. The summed E-state index contributed by atoms with van der Waals surface area (Å²) in [6.45, 7) is 1.76. The van der Waals surface area contributed by atoms with Gasteiger partial charge in [-0.05, 0) is 38.0 Å². The Bertz CT molecular complexity index is 967. The molecule has 23 heavy (non-hydrogen) atoms. The second-order valence-corrected chi connectivity index (χ2v) is 5.77. The fourth-order valence-corrected chi connectivity index (χ4v) is 2.64. The van der Waals surface area contributed by atoms with E-state index in [0.29, 0.717) is 34.0 Å². The summed E-state index contributed by atoms with van der Waals surface area (Å²) in [5.74, 6) is 0.872. The highest BCUT2D eigenvalue weighted by Crippen LogP contribution is 2.40. The molecule has 1 amide bonds. The van der Waals surface area contributed by atoms with Crippen molar-refractivity contribution < 1.29 is 9.21 Å². The highest BCUT2D eigenvalue weighted by molar-refractivity contribution is 6.08. The van der Waals surface area contributed by atoms with Gasteiger partial charge in [0, 0.05) is 28.6 Å². The Balaban J connectivity index is 1.69. The largest absolute Gasteiger partial charge is 0.435 e. The lowest BCUT2D eigenvalue weighted by molar-refractivity contribution is 0.0994. The van der Waals surface area contributed by atoms with Crippen LogP contribution in [-0.4, -0.2) is 15.9 Å². The number of nitrogens with one attached hydrogen (secondary N) is 2. The molecule has 2 N–H and O–H groups in total. The molecule has 6 heteroatoms.